The molecular formula is C9H10BrNS. The van der Waals surface area contributed by atoms with E-state index in [-0.39, 0.29) is 17.0 Å². The molecule has 12 heavy (non-hydrogen) atoms. The van der Waals surface area contributed by atoms with Gasteiger partial charge in [0.05, 0.1) is 0 Å². The lowest BCUT2D eigenvalue weighted by Gasteiger charge is -1.85. The van der Waals surface area contributed by atoms with Crippen molar-refractivity contribution in [2.75, 3.05) is 0 Å². The van der Waals surface area contributed by atoms with Gasteiger partial charge in [-0.3, -0.25) is 0 Å². The number of aromatic nitrogens is 1. The van der Waals surface area contributed by atoms with Crippen molar-refractivity contribution in [1.82, 2.24) is 0 Å². The molecule has 0 spiro atoms. The molecule has 0 N–H and O–H groups in total. The van der Waals surface area contributed by atoms with E-state index in [1.807, 2.05) is 0 Å². The highest BCUT2D eigenvalue weighted by molar-refractivity contribution is 7.16. The van der Waals surface area contributed by atoms with E-state index in [0.717, 1.165) is 6.54 Å². The minimum absolute atomic E-state index is 0. The maximum Gasteiger partial charge on any atom is 0.225 e. The Morgan fingerprint density at radius 1 is 1.33 bits per heavy atom. The summed E-state index contributed by atoms with van der Waals surface area (Å²) in [5.41, 5.74) is 3.52. The topological polar surface area (TPSA) is 3.88 Å². The zero-order valence-electron chi connectivity index (χ0n) is 6.83. The Labute approximate surface area is 86.4 Å². The smallest absolute Gasteiger partial charge is 0.225 e. The molecule has 0 atom stereocenters. The van der Waals surface area contributed by atoms with Crippen LogP contribution in [0.25, 0.3) is 10.2 Å². The maximum absolute atomic E-state index is 2.26. The lowest BCUT2D eigenvalue weighted by molar-refractivity contribution is -0.663. The van der Waals surface area contributed by atoms with Crippen LogP contribution in [-0.4, -0.2) is 0 Å². The number of nitrogens with zero attached hydrogens (tertiary/aromatic N) is 1. The Morgan fingerprint density at radius 3 is 2.83 bits per heavy atom. The average molecular weight is 244 g/mol. The molecule has 0 aliphatic carbocycles. The number of benzene rings is 1. The van der Waals surface area contributed by atoms with Gasteiger partial charge < -0.3 is 17.0 Å². The fraction of sp³-hybridized carbons (Fsp3) is 0.222. The van der Waals surface area contributed by atoms with E-state index in [4.69, 9.17) is 0 Å². The van der Waals surface area contributed by atoms with Crippen molar-refractivity contribution < 1.29 is 21.5 Å². The van der Waals surface area contributed by atoms with Gasteiger partial charge in [-0.1, -0.05) is 23.5 Å². The van der Waals surface area contributed by atoms with Gasteiger partial charge in [-0.05, 0) is 13.0 Å². The van der Waals surface area contributed by atoms with Crippen molar-refractivity contribution in [2.24, 2.45) is 0 Å². The lowest BCUT2D eigenvalue weighted by Crippen LogP contribution is -3.00. The standard InChI is InChI=1S/C9H10NS.BrH/c1-2-10-7-11-9-6-4-3-5-8(9)10;/h3-7H,2H2,1H3;1H/q+1;/p-1. The Kier molecular flexibility index (Phi) is 3.23. The Morgan fingerprint density at radius 2 is 2.08 bits per heavy atom. The van der Waals surface area contributed by atoms with E-state index in [0.29, 0.717) is 0 Å². The first-order valence-electron chi connectivity index (χ1n) is 3.77. The molecular weight excluding hydrogens is 234 g/mol. The highest BCUT2D eigenvalue weighted by Gasteiger charge is 2.06. The lowest BCUT2D eigenvalue weighted by atomic mass is 10.3. The van der Waals surface area contributed by atoms with Gasteiger partial charge in [-0.15, -0.1) is 0 Å². The second-order valence-electron chi connectivity index (χ2n) is 2.48. The van der Waals surface area contributed by atoms with Crippen molar-refractivity contribution in [3.8, 4) is 0 Å². The van der Waals surface area contributed by atoms with E-state index in [2.05, 4.69) is 41.3 Å². The largest absolute Gasteiger partial charge is 1.00 e. The van der Waals surface area contributed by atoms with Crippen molar-refractivity contribution in [2.45, 2.75) is 13.5 Å². The molecule has 0 aliphatic heterocycles. The van der Waals surface area contributed by atoms with Crippen LogP contribution in [0.5, 0.6) is 0 Å². The molecule has 0 saturated heterocycles. The average Bonchev–Trinajstić information content (AvgIpc) is 2.47. The van der Waals surface area contributed by atoms with Crippen LogP contribution in [0.4, 0.5) is 0 Å². The highest BCUT2D eigenvalue weighted by atomic mass is 79.9. The van der Waals surface area contributed by atoms with Gasteiger partial charge in [0.25, 0.3) is 0 Å². The molecule has 1 aromatic carbocycles. The second kappa shape index (κ2) is 4.01. The summed E-state index contributed by atoms with van der Waals surface area (Å²) in [6.45, 7) is 3.23. The van der Waals surface area contributed by atoms with Gasteiger partial charge in [0.2, 0.25) is 11.0 Å². The third-order valence-electron chi connectivity index (χ3n) is 1.82. The Balaban J connectivity index is 0.000000720. The molecule has 1 aromatic heterocycles. The van der Waals surface area contributed by atoms with Crippen LogP contribution < -0.4 is 21.5 Å². The summed E-state index contributed by atoms with van der Waals surface area (Å²) in [5, 5.41) is 0. The molecule has 0 unspecified atom stereocenters. The SMILES string of the molecule is CC[n+]1csc2ccccc21.[Br-]. The number of para-hydroxylation sites is 1. The molecule has 0 aliphatic rings. The predicted octanol–water partition coefficient (Wildman–Crippen LogP) is -0.787. The van der Waals surface area contributed by atoms with Gasteiger partial charge in [0.1, 0.15) is 11.2 Å². The zero-order chi connectivity index (χ0) is 7.68. The molecule has 1 nitrogen and oxygen atoms in total. The van der Waals surface area contributed by atoms with Crippen LogP contribution in [0.1, 0.15) is 6.92 Å². The van der Waals surface area contributed by atoms with Gasteiger partial charge in [-0.25, -0.2) is 0 Å². The number of aryl methyl sites for hydroxylation is 1. The molecule has 0 bridgehead atoms. The van der Waals surface area contributed by atoms with E-state index < -0.39 is 0 Å². The van der Waals surface area contributed by atoms with Crippen LogP contribution in [0, 0.1) is 0 Å². The van der Waals surface area contributed by atoms with E-state index in [1.54, 1.807) is 11.3 Å². The first-order valence-corrected chi connectivity index (χ1v) is 4.65. The van der Waals surface area contributed by atoms with Crippen molar-refractivity contribution in [3.05, 3.63) is 29.8 Å². The van der Waals surface area contributed by atoms with E-state index in [1.165, 1.54) is 10.2 Å². The molecule has 0 radical (unpaired) electrons. The van der Waals surface area contributed by atoms with Crippen molar-refractivity contribution in [3.63, 3.8) is 0 Å². The summed E-state index contributed by atoms with van der Waals surface area (Å²) in [6.07, 6.45) is 0. The zero-order valence-corrected chi connectivity index (χ0v) is 9.23. The quantitative estimate of drug-likeness (QED) is 0.579. The van der Waals surface area contributed by atoms with Gasteiger partial charge in [-0.2, -0.15) is 4.57 Å². The normalized spacial score (nSPS) is 9.75. The van der Waals surface area contributed by atoms with Crippen molar-refractivity contribution >= 4 is 21.6 Å². The number of fused-ring (bicyclic) bond motifs is 1. The first kappa shape index (κ1) is 9.68. The highest BCUT2D eigenvalue weighted by Crippen LogP contribution is 2.14. The third kappa shape index (κ3) is 1.52. The summed E-state index contributed by atoms with van der Waals surface area (Å²) < 4.78 is 3.63. The van der Waals surface area contributed by atoms with Crippen LogP contribution in [-0.2, 0) is 6.54 Å². The number of thiazole rings is 1. The Bertz CT molecular complexity index is 369. The molecule has 1 heterocycles. The number of halogens is 1. The van der Waals surface area contributed by atoms with Gasteiger partial charge in [0, 0.05) is 6.07 Å². The molecule has 3 heteroatoms. The number of hydrogen-bond donors (Lipinski definition) is 0. The summed E-state index contributed by atoms with van der Waals surface area (Å²) >= 11 is 1.80. The number of rotatable bonds is 1. The van der Waals surface area contributed by atoms with E-state index in [9.17, 15) is 0 Å². The fourth-order valence-corrected chi connectivity index (χ4v) is 2.18. The summed E-state index contributed by atoms with van der Waals surface area (Å²) in [5.74, 6) is 0. The molecule has 2 aromatic rings. The fourth-order valence-electron chi connectivity index (χ4n) is 1.22. The molecule has 0 fully saturated rings. The minimum atomic E-state index is 0. The van der Waals surface area contributed by atoms with Gasteiger partial charge >= 0.3 is 0 Å². The molecule has 0 amide bonds. The number of hydrogen-bond acceptors (Lipinski definition) is 1. The second-order valence-corrected chi connectivity index (χ2v) is 3.36. The predicted molar refractivity (Wildman–Crippen MR) is 47.7 cm³/mol. The summed E-state index contributed by atoms with van der Waals surface area (Å²) in [4.78, 5) is 0. The Hall–Kier alpha value is -0.410. The van der Waals surface area contributed by atoms with Crippen molar-refractivity contribution in [1.29, 1.82) is 0 Å². The monoisotopic (exact) mass is 243 g/mol. The van der Waals surface area contributed by atoms with Crippen LogP contribution in [0.15, 0.2) is 29.8 Å². The summed E-state index contributed by atoms with van der Waals surface area (Å²) in [6, 6.07) is 8.49. The molecule has 0 saturated carbocycles. The van der Waals surface area contributed by atoms with Crippen LogP contribution >= 0.6 is 11.3 Å². The van der Waals surface area contributed by atoms with Crippen LogP contribution in [0.2, 0.25) is 0 Å². The molecule has 2 rings (SSSR count). The third-order valence-corrected chi connectivity index (χ3v) is 2.78. The molecule has 64 valence electrons. The first-order chi connectivity index (χ1) is 5.42. The minimum Gasteiger partial charge on any atom is -1.00 e. The summed E-state index contributed by atoms with van der Waals surface area (Å²) in [7, 11) is 0. The van der Waals surface area contributed by atoms with Gasteiger partial charge in [0.15, 0.2) is 0 Å². The van der Waals surface area contributed by atoms with E-state index >= 15 is 0 Å². The maximum atomic E-state index is 2.26. The van der Waals surface area contributed by atoms with Crippen LogP contribution in [0.3, 0.4) is 0 Å².